The van der Waals surface area contributed by atoms with Crippen LogP contribution < -0.4 is 0 Å². The van der Waals surface area contributed by atoms with Crippen LogP contribution in [0.25, 0.3) is 10.8 Å². The van der Waals surface area contributed by atoms with E-state index in [1.807, 2.05) is 36.4 Å². The summed E-state index contributed by atoms with van der Waals surface area (Å²) in [4.78, 5) is 0. The smallest absolute Gasteiger partial charge is 0.0935 e. The van der Waals surface area contributed by atoms with Crippen LogP contribution in [0, 0.1) is 0 Å². The molecule has 0 aliphatic carbocycles. The van der Waals surface area contributed by atoms with E-state index in [0.717, 1.165) is 16.5 Å². The molecule has 2 nitrogen and oxygen atoms in total. The summed E-state index contributed by atoms with van der Waals surface area (Å²) in [6.07, 6.45) is 3.38. The van der Waals surface area contributed by atoms with Crippen LogP contribution >= 0.6 is 0 Å². The highest BCUT2D eigenvalue weighted by Gasteiger charge is 2.09. The summed E-state index contributed by atoms with van der Waals surface area (Å²) < 4.78 is 5.01. The van der Waals surface area contributed by atoms with Crippen LogP contribution in [0.1, 0.15) is 17.2 Å². The molecule has 1 N–H and O–H groups in total. The van der Waals surface area contributed by atoms with Crippen LogP contribution in [-0.4, -0.2) is 5.11 Å². The van der Waals surface area contributed by atoms with Gasteiger partial charge in [-0.05, 0) is 34.0 Å². The number of hydrogen-bond acceptors (Lipinski definition) is 2. The quantitative estimate of drug-likeness (QED) is 0.754. The second kappa shape index (κ2) is 4.67. The zero-order valence-corrected chi connectivity index (χ0v) is 9.91. The molecule has 2 aromatic carbocycles. The molecular weight excluding hydrogens is 224 g/mol. The van der Waals surface area contributed by atoms with Crippen LogP contribution in [0.3, 0.4) is 0 Å². The average Bonchev–Trinajstić information content (AvgIpc) is 2.91. The number of fused-ring (bicyclic) bond motifs is 1. The Kier molecular flexibility index (Phi) is 2.87. The van der Waals surface area contributed by atoms with Crippen molar-refractivity contribution in [3.63, 3.8) is 0 Å². The molecule has 0 amide bonds. The predicted molar refractivity (Wildman–Crippen MR) is 71.3 cm³/mol. The van der Waals surface area contributed by atoms with E-state index in [1.54, 1.807) is 12.5 Å². The predicted octanol–water partition coefficient (Wildman–Crippen LogP) is 3.71. The second-order valence-corrected chi connectivity index (χ2v) is 4.46. The summed E-state index contributed by atoms with van der Waals surface area (Å²) in [5.41, 5.74) is 1.95. The lowest BCUT2D eigenvalue weighted by atomic mass is 10.00. The van der Waals surface area contributed by atoms with Gasteiger partial charge in [-0.15, -0.1) is 0 Å². The lowest BCUT2D eigenvalue weighted by Crippen LogP contribution is -2.00. The van der Waals surface area contributed by atoms with E-state index in [1.165, 1.54) is 5.39 Å². The molecule has 0 spiro atoms. The number of benzene rings is 2. The lowest BCUT2D eigenvalue weighted by Gasteiger charge is -2.10. The fourth-order valence-electron chi connectivity index (χ4n) is 2.16. The maximum atomic E-state index is 10.2. The summed E-state index contributed by atoms with van der Waals surface area (Å²) in [5, 5.41) is 12.6. The Morgan fingerprint density at radius 2 is 1.83 bits per heavy atom. The third kappa shape index (κ3) is 2.15. The van der Waals surface area contributed by atoms with Gasteiger partial charge in [0.25, 0.3) is 0 Å². The highest BCUT2D eigenvalue weighted by Crippen LogP contribution is 2.23. The Bertz CT molecular complexity index is 641. The van der Waals surface area contributed by atoms with Gasteiger partial charge >= 0.3 is 0 Å². The van der Waals surface area contributed by atoms with Gasteiger partial charge in [0.1, 0.15) is 0 Å². The minimum Gasteiger partial charge on any atom is -0.472 e. The van der Waals surface area contributed by atoms with E-state index in [4.69, 9.17) is 4.42 Å². The molecule has 0 saturated carbocycles. The van der Waals surface area contributed by atoms with Gasteiger partial charge in [-0.1, -0.05) is 36.4 Å². The molecule has 0 bridgehead atoms. The molecule has 0 saturated heterocycles. The van der Waals surface area contributed by atoms with Crippen LogP contribution in [0.4, 0.5) is 0 Å². The van der Waals surface area contributed by atoms with Crippen molar-refractivity contribution < 1.29 is 9.52 Å². The normalized spacial score (nSPS) is 12.7. The van der Waals surface area contributed by atoms with Gasteiger partial charge in [-0.3, -0.25) is 0 Å². The number of hydrogen-bond donors (Lipinski definition) is 1. The van der Waals surface area contributed by atoms with Gasteiger partial charge in [-0.2, -0.15) is 0 Å². The van der Waals surface area contributed by atoms with E-state index >= 15 is 0 Å². The first-order chi connectivity index (χ1) is 8.83. The maximum absolute atomic E-state index is 10.2. The van der Waals surface area contributed by atoms with Crippen molar-refractivity contribution in [1.29, 1.82) is 0 Å². The fourth-order valence-corrected chi connectivity index (χ4v) is 2.16. The number of aliphatic hydroxyl groups excluding tert-OH is 1. The molecule has 0 radical (unpaired) electrons. The molecule has 1 aromatic heterocycles. The van der Waals surface area contributed by atoms with E-state index in [2.05, 4.69) is 12.1 Å². The Morgan fingerprint density at radius 3 is 2.61 bits per heavy atom. The number of aliphatic hydroxyl groups is 1. The number of rotatable bonds is 3. The van der Waals surface area contributed by atoms with Crippen molar-refractivity contribution in [2.24, 2.45) is 0 Å². The standard InChI is InChI=1S/C16H14O2/c17-16(9-12-7-8-18-11-12)15-6-5-13-3-1-2-4-14(13)10-15/h1-8,10-11,16-17H,9H2. The molecular formula is C16H14O2. The Balaban J connectivity index is 1.89. The second-order valence-electron chi connectivity index (χ2n) is 4.46. The molecule has 1 atom stereocenters. The molecule has 18 heavy (non-hydrogen) atoms. The fraction of sp³-hybridized carbons (Fsp3) is 0.125. The number of furan rings is 1. The minimum atomic E-state index is -0.493. The highest BCUT2D eigenvalue weighted by molar-refractivity contribution is 5.83. The molecule has 2 heteroatoms. The third-order valence-corrected chi connectivity index (χ3v) is 3.17. The van der Waals surface area contributed by atoms with Crippen molar-refractivity contribution in [1.82, 2.24) is 0 Å². The van der Waals surface area contributed by atoms with Crippen LogP contribution in [-0.2, 0) is 6.42 Å². The van der Waals surface area contributed by atoms with Gasteiger partial charge in [0.2, 0.25) is 0 Å². The van der Waals surface area contributed by atoms with Gasteiger partial charge in [-0.25, -0.2) is 0 Å². The first-order valence-corrected chi connectivity index (χ1v) is 6.01. The van der Waals surface area contributed by atoms with Gasteiger partial charge in [0.15, 0.2) is 0 Å². The molecule has 0 aliphatic rings. The van der Waals surface area contributed by atoms with Crippen molar-refractivity contribution in [3.8, 4) is 0 Å². The van der Waals surface area contributed by atoms with E-state index in [-0.39, 0.29) is 0 Å². The third-order valence-electron chi connectivity index (χ3n) is 3.17. The summed E-state index contributed by atoms with van der Waals surface area (Å²) in [6, 6.07) is 16.1. The molecule has 1 heterocycles. The SMILES string of the molecule is OC(Cc1ccoc1)c1ccc2ccccc2c1. The minimum absolute atomic E-state index is 0.493. The maximum Gasteiger partial charge on any atom is 0.0935 e. The molecule has 0 fully saturated rings. The zero-order chi connectivity index (χ0) is 12.4. The summed E-state index contributed by atoms with van der Waals surface area (Å²) in [6.45, 7) is 0. The molecule has 0 aliphatic heterocycles. The van der Waals surface area contributed by atoms with Crippen molar-refractivity contribution in [2.45, 2.75) is 12.5 Å². The summed E-state index contributed by atoms with van der Waals surface area (Å²) in [5.74, 6) is 0. The zero-order valence-electron chi connectivity index (χ0n) is 9.91. The summed E-state index contributed by atoms with van der Waals surface area (Å²) >= 11 is 0. The van der Waals surface area contributed by atoms with Crippen molar-refractivity contribution in [3.05, 3.63) is 72.2 Å². The van der Waals surface area contributed by atoms with E-state index in [0.29, 0.717) is 6.42 Å². The lowest BCUT2D eigenvalue weighted by molar-refractivity contribution is 0.178. The van der Waals surface area contributed by atoms with Crippen molar-refractivity contribution >= 4 is 10.8 Å². The van der Waals surface area contributed by atoms with Crippen LogP contribution in [0.2, 0.25) is 0 Å². The molecule has 3 rings (SSSR count). The van der Waals surface area contributed by atoms with Crippen molar-refractivity contribution in [2.75, 3.05) is 0 Å². The van der Waals surface area contributed by atoms with E-state index < -0.39 is 6.10 Å². The first-order valence-electron chi connectivity index (χ1n) is 6.01. The monoisotopic (exact) mass is 238 g/mol. The first kappa shape index (κ1) is 11.1. The summed E-state index contributed by atoms with van der Waals surface area (Å²) in [7, 11) is 0. The van der Waals surface area contributed by atoms with Gasteiger partial charge in [0.05, 0.1) is 18.6 Å². The van der Waals surface area contributed by atoms with Gasteiger partial charge < -0.3 is 9.52 Å². The Hall–Kier alpha value is -2.06. The molecule has 3 aromatic rings. The largest absolute Gasteiger partial charge is 0.472 e. The Labute approximate surface area is 105 Å². The molecule has 90 valence electrons. The Morgan fingerprint density at radius 1 is 1.00 bits per heavy atom. The molecule has 1 unspecified atom stereocenters. The highest BCUT2D eigenvalue weighted by atomic mass is 16.3. The topological polar surface area (TPSA) is 33.4 Å². The van der Waals surface area contributed by atoms with Crippen LogP contribution in [0.15, 0.2) is 65.5 Å². The van der Waals surface area contributed by atoms with Gasteiger partial charge in [0, 0.05) is 6.42 Å². The van der Waals surface area contributed by atoms with E-state index in [9.17, 15) is 5.11 Å². The van der Waals surface area contributed by atoms with Crippen LogP contribution in [0.5, 0.6) is 0 Å². The average molecular weight is 238 g/mol.